The molecular formula is C60H116F4O24. The van der Waals surface area contributed by atoms with Crippen LogP contribution in [0.25, 0.3) is 0 Å². The number of carbonyl (C=O) groups excluding carboxylic acids is 12. The van der Waals surface area contributed by atoms with Crippen molar-refractivity contribution < 1.29 is 132 Å². The summed E-state index contributed by atoms with van der Waals surface area (Å²) in [6.07, 6.45) is 11.5. The number of hydrogen-bond acceptors (Lipinski definition) is 24. The maximum Gasteiger partial charge on any atom is 0.305 e. The number of halogens is 4. The highest BCUT2D eigenvalue weighted by Crippen LogP contribution is 2.17. The Morgan fingerprint density at radius 2 is 0.443 bits per heavy atom. The van der Waals surface area contributed by atoms with Crippen molar-refractivity contribution in [1.82, 2.24) is 0 Å². The molecule has 528 valence electrons. The van der Waals surface area contributed by atoms with Crippen molar-refractivity contribution in [1.29, 1.82) is 0 Å². The van der Waals surface area contributed by atoms with Crippen LogP contribution in [-0.4, -0.2) is 166 Å². The molecule has 88 heavy (non-hydrogen) atoms. The fourth-order valence-corrected chi connectivity index (χ4v) is 3.65. The van der Waals surface area contributed by atoms with Gasteiger partial charge in [0.25, 0.3) is 45.3 Å². The first-order valence-corrected chi connectivity index (χ1v) is 29.6. The molecule has 0 fully saturated rings. The van der Waals surface area contributed by atoms with Crippen molar-refractivity contribution in [2.75, 3.05) is 79.3 Å². The van der Waals surface area contributed by atoms with Gasteiger partial charge in [0, 0.05) is 44.9 Å². The second-order valence-electron chi connectivity index (χ2n) is 15.9. The van der Waals surface area contributed by atoms with Crippen LogP contribution in [0.2, 0.25) is 0 Å². The second-order valence-corrected chi connectivity index (χ2v) is 15.9. The summed E-state index contributed by atoms with van der Waals surface area (Å²) in [4.78, 5) is 118. The summed E-state index contributed by atoms with van der Waals surface area (Å²) < 4.78 is 101. The van der Waals surface area contributed by atoms with Gasteiger partial charge >= 0.3 is 29.8 Å². The summed E-state index contributed by atoms with van der Waals surface area (Å²) >= 11 is 0. The fourth-order valence-electron chi connectivity index (χ4n) is 3.65. The summed E-state index contributed by atoms with van der Waals surface area (Å²) in [6, 6.07) is 0. The molecule has 24 nitrogen and oxygen atoms in total. The molecule has 0 amide bonds. The van der Waals surface area contributed by atoms with Crippen molar-refractivity contribution >= 4 is 75.2 Å². The van der Waals surface area contributed by atoms with Crippen LogP contribution in [0.15, 0.2) is 0 Å². The quantitative estimate of drug-likeness (QED) is 0.0182. The van der Waals surface area contributed by atoms with Crippen LogP contribution < -0.4 is 0 Å². The normalized spacial score (nSPS) is 8.78. The Morgan fingerprint density at radius 3 is 0.568 bits per heavy atom. The highest BCUT2D eigenvalue weighted by atomic mass is 19.3. The van der Waals surface area contributed by atoms with E-state index < -0.39 is 24.7 Å². The molecule has 0 unspecified atom stereocenters. The highest BCUT2D eigenvalue weighted by molar-refractivity contribution is 5.70. The lowest BCUT2D eigenvalue weighted by Gasteiger charge is -2.09. The second kappa shape index (κ2) is 108. The van der Waals surface area contributed by atoms with Gasteiger partial charge in [0.1, 0.15) is 0 Å². The Bertz CT molecular complexity index is 1270. The number of esters is 5. The van der Waals surface area contributed by atoms with E-state index in [1.165, 1.54) is 0 Å². The van der Waals surface area contributed by atoms with Crippen molar-refractivity contribution in [2.24, 2.45) is 0 Å². The van der Waals surface area contributed by atoms with E-state index in [1.54, 1.807) is 41.5 Å². The first-order chi connectivity index (χ1) is 41.7. The number of carbonyl (C=O) groups is 12. The summed E-state index contributed by atoms with van der Waals surface area (Å²) in [7, 11) is 0. The molecule has 0 aromatic heterocycles. The van der Waals surface area contributed by atoms with E-state index in [0.717, 1.165) is 78.1 Å². The van der Waals surface area contributed by atoms with Crippen LogP contribution >= 0.6 is 0 Å². The van der Waals surface area contributed by atoms with Crippen molar-refractivity contribution in [3.05, 3.63) is 0 Å². The molecule has 0 saturated heterocycles. The Labute approximate surface area is 523 Å². The lowest BCUT2D eigenvalue weighted by atomic mass is 10.2. The summed E-state index contributed by atoms with van der Waals surface area (Å²) in [5.74, 6) is -6.14. The van der Waals surface area contributed by atoms with E-state index in [4.69, 9.17) is 18.9 Å². The third-order valence-corrected chi connectivity index (χ3v) is 7.83. The van der Waals surface area contributed by atoms with Crippen molar-refractivity contribution in [3.8, 4) is 0 Å². The molecule has 0 saturated carbocycles. The van der Waals surface area contributed by atoms with Crippen LogP contribution in [-0.2, 0) is 114 Å². The Hall–Kier alpha value is -6.64. The number of alkyl halides is 4. The third kappa shape index (κ3) is 192. The molecule has 0 atom stereocenters. The number of hydrogen-bond donors (Lipinski definition) is 0. The van der Waals surface area contributed by atoms with Crippen LogP contribution in [0.4, 0.5) is 17.6 Å². The van der Waals surface area contributed by atoms with Gasteiger partial charge in [-0.1, -0.05) is 66.7 Å². The number of ether oxygens (including phenoxy) is 12. The summed E-state index contributed by atoms with van der Waals surface area (Å²) in [6.45, 7) is 36.8. The molecular weight excluding hydrogens is 1180 g/mol. The summed E-state index contributed by atoms with van der Waals surface area (Å²) in [5, 5.41) is 0. The van der Waals surface area contributed by atoms with E-state index in [2.05, 4.69) is 65.6 Å². The van der Waals surface area contributed by atoms with Crippen LogP contribution in [0, 0.1) is 0 Å². The van der Waals surface area contributed by atoms with Gasteiger partial charge in [0.05, 0.1) is 79.3 Å². The zero-order valence-electron chi connectivity index (χ0n) is 56.4. The Kier molecular flexibility index (Phi) is 134. The van der Waals surface area contributed by atoms with Crippen LogP contribution in [0.5, 0.6) is 0 Å². The molecule has 0 aliphatic rings. The molecule has 0 aromatic carbocycles. The first-order valence-electron chi connectivity index (χ1n) is 29.6. The molecule has 0 aliphatic carbocycles. The van der Waals surface area contributed by atoms with Gasteiger partial charge < -0.3 is 56.8 Å². The Morgan fingerprint density at radius 1 is 0.273 bits per heavy atom. The maximum atomic E-state index is 12.2. The molecule has 0 bridgehead atoms. The predicted molar refractivity (Wildman–Crippen MR) is 324 cm³/mol. The van der Waals surface area contributed by atoms with Gasteiger partial charge in [-0.2, -0.15) is 0 Å². The fraction of sp³-hybridized carbons (Fsp3) is 0.800. The maximum absolute atomic E-state index is 12.2. The Balaban J connectivity index is -0.0000000726. The van der Waals surface area contributed by atoms with E-state index in [-0.39, 0.29) is 49.5 Å². The molecule has 0 aliphatic heterocycles. The minimum atomic E-state index is -2.75. The average Bonchev–Trinajstić information content (AvgIpc) is 3.47. The van der Waals surface area contributed by atoms with E-state index in [0.29, 0.717) is 137 Å². The van der Waals surface area contributed by atoms with Gasteiger partial charge in [-0.25, -0.2) is 17.6 Å². The van der Waals surface area contributed by atoms with Crippen LogP contribution in [0.3, 0.4) is 0 Å². The number of unbranched alkanes of at least 4 members (excludes halogenated alkanes) is 5. The smallest absolute Gasteiger partial charge is 0.305 e. The first kappa shape index (κ1) is 109. The number of rotatable bonds is 38. The van der Waals surface area contributed by atoms with Gasteiger partial charge in [-0.05, 0) is 115 Å². The summed E-state index contributed by atoms with van der Waals surface area (Å²) in [5.41, 5.74) is 0. The van der Waals surface area contributed by atoms with E-state index in [9.17, 15) is 75.1 Å². The monoisotopic (exact) mass is 1300 g/mol. The lowest BCUT2D eigenvalue weighted by molar-refractivity contribution is -0.146. The molecule has 0 radical (unpaired) electrons. The molecule has 0 aromatic rings. The van der Waals surface area contributed by atoms with E-state index >= 15 is 0 Å². The van der Waals surface area contributed by atoms with Gasteiger partial charge in [-0.15, -0.1) is 0 Å². The molecule has 0 N–H and O–H groups in total. The van der Waals surface area contributed by atoms with E-state index in [1.807, 2.05) is 34.6 Å². The van der Waals surface area contributed by atoms with Gasteiger partial charge in [-0.3, -0.25) is 57.5 Å². The SMILES string of the molecule is CC(F)(F)CCOC=O.CCCCC(=O)OCC.CCCCC(=O)OCC.CCCCC(=O)OCC.CCCCC(=O)OCC.CCCCC(=O)OCCC(C)(F)F.CCOC=O.CCOC=O.CCOC=O.CCOC=O.CCOC=O.CCOC=O. The van der Waals surface area contributed by atoms with Crippen molar-refractivity contribution in [2.45, 2.75) is 239 Å². The molecule has 0 rings (SSSR count). The topological polar surface area (TPSA) is 316 Å². The molecule has 0 heterocycles. The minimum Gasteiger partial charge on any atom is -0.468 e. The molecule has 0 spiro atoms. The largest absolute Gasteiger partial charge is 0.468 e. The molecule has 28 heteroatoms. The standard InChI is InChI=1S/C9H16F2O2.4C7H14O2.C5H8F2O2.6C3H6O2/c1-3-4-5-8(12)13-7-6-9(2,10)11;4*1-3-5-6-7(8)9-4-2;1-5(6,7)2-3-9-4-8;6*1-2-5-3-4/h3-7H2,1-2H3;4*3-6H2,1-2H3;4H,2-3H2,1H3;6*3H,2H2,1H3. The zero-order valence-corrected chi connectivity index (χ0v) is 56.4. The predicted octanol–water partition coefficient (Wildman–Crippen LogP) is 12.0. The zero-order chi connectivity index (χ0) is 70.8. The minimum absolute atomic E-state index is 0.0700. The lowest BCUT2D eigenvalue weighted by Crippen LogP contribution is -2.15. The van der Waals surface area contributed by atoms with Gasteiger partial charge in [0.2, 0.25) is 11.8 Å². The third-order valence-electron chi connectivity index (χ3n) is 7.83. The highest BCUT2D eigenvalue weighted by Gasteiger charge is 2.21. The van der Waals surface area contributed by atoms with Gasteiger partial charge in [0.15, 0.2) is 0 Å². The average molecular weight is 1300 g/mol. The van der Waals surface area contributed by atoms with Crippen LogP contribution in [0.1, 0.15) is 227 Å². The van der Waals surface area contributed by atoms with Crippen molar-refractivity contribution in [3.63, 3.8) is 0 Å².